The molecule has 0 atom stereocenters. The molecule has 0 N–H and O–H groups in total. The van der Waals surface area contributed by atoms with Crippen molar-refractivity contribution in [3.8, 4) is 5.88 Å². The molecule has 0 amide bonds. The Bertz CT molecular complexity index is 658. The van der Waals surface area contributed by atoms with Crippen molar-refractivity contribution < 1.29 is 17.9 Å². The fourth-order valence-electron chi connectivity index (χ4n) is 2.69. The van der Waals surface area contributed by atoms with Crippen LogP contribution in [0.5, 0.6) is 5.88 Å². The van der Waals surface area contributed by atoms with E-state index in [0.717, 1.165) is 18.9 Å². The SMILES string of the molecule is FC(F)(F)c1cc(N2CCC(COc3cnccn3)CC2)ccn1. The molecule has 0 saturated carbocycles. The van der Waals surface area contributed by atoms with E-state index >= 15 is 0 Å². The van der Waals surface area contributed by atoms with Gasteiger partial charge in [0.25, 0.3) is 0 Å². The molecule has 128 valence electrons. The Morgan fingerprint density at radius 3 is 2.58 bits per heavy atom. The molecular formula is C16H17F3N4O. The molecule has 8 heteroatoms. The Morgan fingerprint density at radius 2 is 1.92 bits per heavy atom. The minimum absolute atomic E-state index is 0.354. The van der Waals surface area contributed by atoms with Crippen LogP contribution in [-0.4, -0.2) is 34.6 Å². The summed E-state index contributed by atoms with van der Waals surface area (Å²) in [5.41, 5.74) is -0.293. The van der Waals surface area contributed by atoms with Crippen LogP contribution in [0.15, 0.2) is 36.9 Å². The molecule has 0 aromatic carbocycles. The van der Waals surface area contributed by atoms with E-state index in [1.807, 2.05) is 4.90 Å². The molecule has 1 fully saturated rings. The highest BCUT2D eigenvalue weighted by molar-refractivity contribution is 5.47. The van der Waals surface area contributed by atoms with Gasteiger partial charge in [-0.1, -0.05) is 0 Å². The molecule has 3 heterocycles. The summed E-state index contributed by atoms with van der Waals surface area (Å²) >= 11 is 0. The van der Waals surface area contributed by atoms with Gasteiger partial charge in [-0.3, -0.25) is 9.97 Å². The smallest absolute Gasteiger partial charge is 0.433 e. The van der Waals surface area contributed by atoms with Crippen LogP contribution in [0, 0.1) is 5.92 Å². The number of alkyl halides is 3. The molecule has 0 radical (unpaired) electrons. The van der Waals surface area contributed by atoms with Crippen LogP contribution in [0.3, 0.4) is 0 Å². The minimum atomic E-state index is -4.42. The second kappa shape index (κ2) is 7.02. The van der Waals surface area contributed by atoms with Crippen molar-refractivity contribution in [2.45, 2.75) is 19.0 Å². The number of halogens is 3. The van der Waals surface area contributed by atoms with Gasteiger partial charge in [0, 0.05) is 37.4 Å². The van der Waals surface area contributed by atoms with Crippen LogP contribution in [0.1, 0.15) is 18.5 Å². The third-order valence-corrected chi connectivity index (χ3v) is 4.02. The van der Waals surface area contributed by atoms with Crippen LogP contribution in [-0.2, 0) is 6.18 Å². The Labute approximate surface area is 137 Å². The highest BCUT2D eigenvalue weighted by Gasteiger charge is 2.33. The molecule has 2 aromatic heterocycles. The summed E-state index contributed by atoms with van der Waals surface area (Å²) in [5, 5.41) is 0. The summed E-state index contributed by atoms with van der Waals surface area (Å²) in [5.74, 6) is 0.844. The first-order chi connectivity index (χ1) is 11.5. The van der Waals surface area contributed by atoms with Crippen molar-refractivity contribution in [3.05, 3.63) is 42.6 Å². The van der Waals surface area contributed by atoms with Crippen molar-refractivity contribution in [1.29, 1.82) is 0 Å². The van der Waals surface area contributed by atoms with E-state index in [9.17, 15) is 13.2 Å². The molecule has 1 aliphatic rings. The molecular weight excluding hydrogens is 321 g/mol. The first kappa shape index (κ1) is 16.5. The number of hydrogen-bond donors (Lipinski definition) is 0. The molecule has 1 saturated heterocycles. The lowest BCUT2D eigenvalue weighted by molar-refractivity contribution is -0.141. The fourth-order valence-corrected chi connectivity index (χ4v) is 2.69. The average molecular weight is 338 g/mol. The van der Waals surface area contributed by atoms with Crippen molar-refractivity contribution in [3.63, 3.8) is 0 Å². The summed E-state index contributed by atoms with van der Waals surface area (Å²) in [4.78, 5) is 13.3. The Kier molecular flexibility index (Phi) is 4.82. The topological polar surface area (TPSA) is 51.1 Å². The Balaban J connectivity index is 1.53. The van der Waals surface area contributed by atoms with Gasteiger partial charge in [-0.2, -0.15) is 13.2 Å². The van der Waals surface area contributed by atoms with Gasteiger partial charge in [-0.15, -0.1) is 0 Å². The zero-order valence-electron chi connectivity index (χ0n) is 12.9. The van der Waals surface area contributed by atoms with Crippen LogP contribution in [0.4, 0.5) is 18.9 Å². The molecule has 5 nitrogen and oxygen atoms in total. The van der Waals surface area contributed by atoms with Crippen molar-refractivity contribution in [2.75, 3.05) is 24.6 Å². The maximum atomic E-state index is 12.8. The van der Waals surface area contributed by atoms with E-state index in [1.165, 1.54) is 6.20 Å². The van der Waals surface area contributed by atoms with Gasteiger partial charge in [-0.25, -0.2) is 4.98 Å². The number of pyridine rings is 1. The normalized spacial score (nSPS) is 16.2. The van der Waals surface area contributed by atoms with Crippen molar-refractivity contribution >= 4 is 5.69 Å². The van der Waals surface area contributed by atoms with E-state index < -0.39 is 11.9 Å². The van der Waals surface area contributed by atoms with Gasteiger partial charge in [-0.05, 0) is 30.9 Å². The highest BCUT2D eigenvalue weighted by Crippen LogP contribution is 2.31. The molecule has 1 aliphatic heterocycles. The third kappa shape index (κ3) is 4.12. The Morgan fingerprint density at radius 1 is 1.12 bits per heavy atom. The third-order valence-electron chi connectivity index (χ3n) is 4.02. The molecule has 0 spiro atoms. The fraction of sp³-hybridized carbons (Fsp3) is 0.438. The van der Waals surface area contributed by atoms with Crippen LogP contribution in [0.25, 0.3) is 0 Å². The molecule has 2 aromatic rings. The predicted octanol–water partition coefficient (Wildman–Crippen LogP) is 3.19. The van der Waals surface area contributed by atoms with Gasteiger partial charge >= 0.3 is 6.18 Å². The molecule has 0 aliphatic carbocycles. The summed E-state index contributed by atoms with van der Waals surface area (Å²) in [6.45, 7) is 1.92. The van der Waals surface area contributed by atoms with E-state index in [2.05, 4.69) is 15.0 Å². The number of rotatable bonds is 4. The average Bonchev–Trinajstić information content (AvgIpc) is 2.61. The zero-order valence-corrected chi connectivity index (χ0v) is 12.9. The lowest BCUT2D eigenvalue weighted by atomic mass is 9.97. The van der Waals surface area contributed by atoms with Gasteiger partial charge in [0.15, 0.2) is 0 Å². The summed E-state index contributed by atoms with van der Waals surface area (Å²) in [7, 11) is 0. The Hall–Kier alpha value is -2.38. The minimum Gasteiger partial charge on any atom is -0.476 e. The van der Waals surface area contributed by atoms with E-state index in [4.69, 9.17) is 4.74 Å². The highest BCUT2D eigenvalue weighted by atomic mass is 19.4. The summed E-state index contributed by atoms with van der Waals surface area (Å²) in [6, 6.07) is 2.72. The summed E-state index contributed by atoms with van der Waals surface area (Å²) in [6.07, 6.45) is 3.20. The monoisotopic (exact) mass is 338 g/mol. The number of piperidine rings is 1. The van der Waals surface area contributed by atoms with Crippen molar-refractivity contribution in [2.24, 2.45) is 5.92 Å². The second-order valence-electron chi connectivity index (χ2n) is 5.68. The first-order valence-electron chi connectivity index (χ1n) is 7.69. The summed E-state index contributed by atoms with van der Waals surface area (Å²) < 4.78 is 43.8. The van der Waals surface area contributed by atoms with Crippen LogP contribution < -0.4 is 9.64 Å². The van der Waals surface area contributed by atoms with E-state index in [0.29, 0.717) is 37.2 Å². The number of aromatic nitrogens is 3. The molecule has 3 rings (SSSR count). The van der Waals surface area contributed by atoms with Gasteiger partial charge < -0.3 is 9.64 Å². The number of nitrogens with zero attached hydrogens (tertiary/aromatic N) is 4. The molecule has 0 bridgehead atoms. The maximum absolute atomic E-state index is 12.8. The van der Waals surface area contributed by atoms with Crippen LogP contribution in [0.2, 0.25) is 0 Å². The molecule has 24 heavy (non-hydrogen) atoms. The van der Waals surface area contributed by atoms with Crippen LogP contribution >= 0.6 is 0 Å². The lowest BCUT2D eigenvalue weighted by Crippen LogP contribution is -2.35. The van der Waals surface area contributed by atoms with E-state index in [1.54, 1.807) is 24.7 Å². The number of ether oxygens (including phenoxy) is 1. The molecule has 0 unspecified atom stereocenters. The van der Waals surface area contributed by atoms with Gasteiger partial charge in [0.2, 0.25) is 5.88 Å². The predicted molar refractivity (Wildman–Crippen MR) is 81.7 cm³/mol. The van der Waals surface area contributed by atoms with Crippen molar-refractivity contribution in [1.82, 2.24) is 15.0 Å². The standard InChI is InChI=1S/C16H17F3N4O/c17-16(18,19)14-9-13(1-4-21-14)23-7-2-12(3-8-23)11-24-15-10-20-5-6-22-15/h1,4-6,9-10,12H,2-3,7-8,11H2. The zero-order chi connectivity index (χ0) is 17.0. The maximum Gasteiger partial charge on any atom is 0.433 e. The largest absolute Gasteiger partial charge is 0.476 e. The second-order valence-corrected chi connectivity index (χ2v) is 5.68. The lowest BCUT2D eigenvalue weighted by Gasteiger charge is -2.33. The quantitative estimate of drug-likeness (QED) is 0.857. The van der Waals surface area contributed by atoms with Gasteiger partial charge in [0.05, 0.1) is 12.8 Å². The number of hydrogen-bond acceptors (Lipinski definition) is 5. The first-order valence-corrected chi connectivity index (χ1v) is 7.69. The van der Waals surface area contributed by atoms with Gasteiger partial charge in [0.1, 0.15) is 5.69 Å². The number of anilines is 1. The van der Waals surface area contributed by atoms with E-state index in [-0.39, 0.29) is 0 Å².